The van der Waals surface area contributed by atoms with Gasteiger partial charge in [0.25, 0.3) is 0 Å². The predicted octanol–water partition coefficient (Wildman–Crippen LogP) is 1.50. The van der Waals surface area contributed by atoms with Gasteiger partial charge in [0.15, 0.2) is 0 Å². The minimum absolute atomic E-state index is 0.140. The highest BCUT2D eigenvalue weighted by atomic mass is 16.2. The van der Waals surface area contributed by atoms with Crippen molar-refractivity contribution in [1.82, 2.24) is 15.1 Å². The highest BCUT2D eigenvalue weighted by Crippen LogP contribution is 2.51. The highest BCUT2D eigenvalue weighted by Gasteiger charge is 2.53. The monoisotopic (exact) mass is 233 g/mol. The van der Waals surface area contributed by atoms with Crippen molar-refractivity contribution in [2.45, 2.75) is 38.5 Å². The summed E-state index contributed by atoms with van der Waals surface area (Å²) in [5.41, 5.74) is 2.31. The maximum atomic E-state index is 12.2. The lowest BCUT2D eigenvalue weighted by atomic mass is 9.73. The molecule has 1 aliphatic carbocycles. The van der Waals surface area contributed by atoms with Crippen LogP contribution in [0.25, 0.3) is 0 Å². The second kappa shape index (κ2) is 3.59. The standard InChI is InChI=1S/C13H19N3O/c1-9-7-15-16(2)11(9)10-8-14-12(17)13(10)5-3-4-6-13/h7,10H,3-6,8H2,1-2H3,(H,14,17)/t10-/m1/s1. The first-order valence-corrected chi connectivity index (χ1v) is 6.42. The molecule has 0 aromatic carbocycles. The van der Waals surface area contributed by atoms with E-state index < -0.39 is 0 Å². The van der Waals surface area contributed by atoms with E-state index in [2.05, 4.69) is 17.3 Å². The zero-order chi connectivity index (χ0) is 12.0. The van der Waals surface area contributed by atoms with Crippen molar-refractivity contribution in [1.29, 1.82) is 0 Å². The summed E-state index contributed by atoms with van der Waals surface area (Å²) in [5, 5.41) is 7.38. The van der Waals surface area contributed by atoms with E-state index in [1.165, 1.54) is 24.1 Å². The third-order valence-corrected chi connectivity index (χ3v) is 4.59. The molecule has 0 bridgehead atoms. The molecule has 92 valence electrons. The Hall–Kier alpha value is -1.32. The molecule has 1 amide bonds. The van der Waals surface area contributed by atoms with E-state index in [-0.39, 0.29) is 11.3 Å². The quantitative estimate of drug-likeness (QED) is 0.799. The first kappa shape index (κ1) is 10.8. The van der Waals surface area contributed by atoms with Gasteiger partial charge in [-0.15, -0.1) is 0 Å². The molecule has 4 nitrogen and oxygen atoms in total. The fourth-order valence-electron chi connectivity index (χ4n) is 3.72. The lowest BCUT2D eigenvalue weighted by Gasteiger charge is -2.28. The Morgan fingerprint density at radius 2 is 2.18 bits per heavy atom. The smallest absolute Gasteiger partial charge is 0.226 e. The average Bonchev–Trinajstić information content (AvgIpc) is 2.97. The molecule has 2 heterocycles. The van der Waals surface area contributed by atoms with Crippen LogP contribution in [0.5, 0.6) is 0 Å². The summed E-state index contributed by atoms with van der Waals surface area (Å²) in [7, 11) is 1.98. The molecule has 2 fully saturated rings. The van der Waals surface area contributed by atoms with Gasteiger partial charge in [-0.05, 0) is 25.3 Å². The molecule has 2 aliphatic rings. The van der Waals surface area contributed by atoms with E-state index in [1.807, 2.05) is 17.9 Å². The second-order valence-electron chi connectivity index (χ2n) is 5.46. The van der Waals surface area contributed by atoms with E-state index in [0.29, 0.717) is 5.92 Å². The Morgan fingerprint density at radius 3 is 2.76 bits per heavy atom. The van der Waals surface area contributed by atoms with Gasteiger partial charge in [0.05, 0.1) is 11.6 Å². The lowest BCUT2D eigenvalue weighted by Crippen LogP contribution is -2.32. The Morgan fingerprint density at radius 1 is 1.47 bits per heavy atom. The maximum Gasteiger partial charge on any atom is 0.226 e. The fourth-order valence-corrected chi connectivity index (χ4v) is 3.72. The highest BCUT2D eigenvalue weighted by molar-refractivity contribution is 5.86. The van der Waals surface area contributed by atoms with Crippen LogP contribution in [-0.4, -0.2) is 22.2 Å². The van der Waals surface area contributed by atoms with Crippen LogP contribution >= 0.6 is 0 Å². The van der Waals surface area contributed by atoms with Crippen LogP contribution in [0, 0.1) is 12.3 Å². The Balaban J connectivity index is 2.06. The number of hydrogen-bond acceptors (Lipinski definition) is 2. The summed E-state index contributed by atoms with van der Waals surface area (Å²) in [6, 6.07) is 0. The molecular weight excluding hydrogens is 214 g/mol. The van der Waals surface area contributed by atoms with Crippen LogP contribution in [0.4, 0.5) is 0 Å². The first-order valence-electron chi connectivity index (χ1n) is 6.42. The van der Waals surface area contributed by atoms with Crippen LogP contribution < -0.4 is 5.32 Å². The van der Waals surface area contributed by atoms with Crippen LogP contribution in [0.15, 0.2) is 6.20 Å². The number of aryl methyl sites for hydroxylation is 2. The molecule has 1 aromatic heterocycles. The third-order valence-electron chi connectivity index (χ3n) is 4.59. The van der Waals surface area contributed by atoms with E-state index in [0.717, 1.165) is 19.4 Å². The Kier molecular flexibility index (Phi) is 2.28. The molecule has 1 saturated carbocycles. The maximum absolute atomic E-state index is 12.2. The van der Waals surface area contributed by atoms with Gasteiger partial charge in [-0.25, -0.2) is 0 Å². The van der Waals surface area contributed by atoms with Crippen molar-refractivity contribution in [3.63, 3.8) is 0 Å². The number of hydrogen-bond donors (Lipinski definition) is 1. The van der Waals surface area contributed by atoms with Crippen molar-refractivity contribution in [3.05, 3.63) is 17.5 Å². The van der Waals surface area contributed by atoms with E-state index in [4.69, 9.17) is 0 Å². The zero-order valence-electron chi connectivity index (χ0n) is 10.5. The number of nitrogens with one attached hydrogen (secondary N) is 1. The molecule has 0 unspecified atom stereocenters. The number of carbonyl (C=O) groups excluding carboxylic acids is 1. The van der Waals surface area contributed by atoms with Crippen molar-refractivity contribution in [2.24, 2.45) is 12.5 Å². The molecule has 0 radical (unpaired) electrons. The summed E-state index contributed by atoms with van der Waals surface area (Å²) in [6.45, 7) is 2.87. The topological polar surface area (TPSA) is 46.9 Å². The van der Waals surface area contributed by atoms with Gasteiger partial charge in [-0.3, -0.25) is 9.48 Å². The number of aromatic nitrogens is 2. The van der Waals surface area contributed by atoms with Gasteiger partial charge < -0.3 is 5.32 Å². The van der Waals surface area contributed by atoms with Gasteiger partial charge in [-0.2, -0.15) is 5.10 Å². The van der Waals surface area contributed by atoms with E-state index >= 15 is 0 Å². The minimum atomic E-state index is -0.140. The number of carbonyl (C=O) groups is 1. The average molecular weight is 233 g/mol. The number of amides is 1. The molecule has 1 aromatic rings. The van der Waals surface area contributed by atoms with Gasteiger partial charge in [-0.1, -0.05) is 12.8 Å². The van der Waals surface area contributed by atoms with Crippen molar-refractivity contribution >= 4 is 5.91 Å². The molecule has 1 saturated heterocycles. The fraction of sp³-hybridized carbons (Fsp3) is 0.692. The van der Waals surface area contributed by atoms with Crippen molar-refractivity contribution < 1.29 is 4.79 Å². The molecule has 4 heteroatoms. The summed E-state index contributed by atoms with van der Waals surface area (Å²) >= 11 is 0. The minimum Gasteiger partial charge on any atom is -0.355 e. The third kappa shape index (κ3) is 1.36. The van der Waals surface area contributed by atoms with Crippen LogP contribution in [0.3, 0.4) is 0 Å². The van der Waals surface area contributed by atoms with Crippen molar-refractivity contribution in [3.8, 4) is 0 Å². The number of nitrogens with zero attached hydrogens (tertiary/aromatic N) is 2. The first-order chi connectivity index (χ1) is 8.15. The lowest BCUT2D eigenvalue weighted by molar-refractivity contribution is -0.127. The summed E-state index contributed by atoms with van der Waals surface area (Å²) in [4.78, 5) is 12.2. The summed E-state index contributed by atoms with van der Waals surface area (Å²) in [5.74, 6) is 0.575. The van der Waals surface area contributed by atoms with E-state index in [9.17, 15) is 4.79 Å². The van der Waals surface area contributed by atoms with Gasteiger partial charge >= 0.3 is 0 Å². The van der Waals surface area contributed by atoms with Gasteiger partial charge in [0, 0.05) is 25.2 Å². The van der Waals surface area contributed by atoms with E-state index in [1.54, 1.807) is 0 Å². The van der Waals surface area contributed by atoms with Gasteiger partial charge in [0.1, 0.15) is 0 Å². The predicted molar refractivity (Wildman–Crippen MR) is 64.6 cm³/mol. The summed E-state index contributed by atoms with van der Waals surface area (Å²) in [6.07, 6.45) is 6.34. The largest absolute Gasteiger partial charge is 0.355 e. The molecule has 1 N–H and O–H groups in total. The zero-order valence-corrected chi connectivity index (χ0v) is 10.5. The molecule has 1 aliphatic heterocycles. The Bertz CT molecular complexity index is 438. The summed E-state index contributed by atoms with van der Waals surface area (Å²) < 4.78 is 1.94. The second-order valence-corrected chi connectivity index (χ2v) is 5.46. The SMILES string of the molecule is Cc1cnn(C)c1[C@H]1CNC(=O)C12CCCC2. The number of rotatable bonds is 1. The van der Waals surface area contributed by atoms with Gasteiger partial charge in [0.2, 0.25) is 5.91 Å². The van der Waals surface area contributed by atoms with Crippen LogP contribution in [0.1, 0.15) is 42.9 Å². The molecule has 3 rings (SSSR count). The van der Waals surface area contributed by atoms with Crippen LogP contribution in [-0.2, 0) is 11.8 Å². The molecular formula is C13H19N3O. The molecule has 1 spiro atoms. The molecule has 1 atom stereocenters. The van der Waals surface area contributed by atoms with Crippen molar-refractivity contribution in [2.75, 3.05) is 6.54 Å². The Labute approximate surface area is 101 Å². The normalized spacial score (nSPS) is 26.7. The van der Waals surface area contributed by atoms with Crippen LogP contribution in [0.2, 0.25) is 0 Å². The molecule has 17 heavy (non-hydrogen) atoms.